The van der Waals surface area contributed by atoms with Crippen LogP contribution in [0.2, 0.25) is 0 Å². The van der Waals surface area contributed by atoms with Crippen molar-refractivity contribution in [3.63, 3.8) is 0 Å². The number of hydrogen-bond donors (Lipinski definition) is 0. The lowest BCUT2D eigenvalue weighted by molar-refractivity contribution is 0.532. The Kier molecular flexibility index (Phi) is 6.29. The monoisotopic (exact) mass is 628 g/mol. The molecule has 1 aliphatic carbocycles. The zero-order valence-electron chi connectivity index (χ0n) is 27.1. The van der Waals surface area contributed by atoms with E-state index in [0.29, 0.717) is 0 Å². The molecule has 2 unspecified atom stereocenters. The Labute approximate surface area is 284 Å². The first-order chi connectivity index (χ1) is 24.2. The number of rotatable bonds is 5. The average molecular weight is 629 g/mol. The molecule has 49 heavy (non-hydrogen) atoms. The van der Waals surface area contributed by atoms with Crippen LogP contribution in [-0.2, 0) is 0 Å². The largest absolute Gasteiger partial charge is 0.456 e. The normalized spacial score (nSPS) is 16.6. The fourth-order valence-electron chi connectivity index (χ4n) is 8.17. The molecule has 3 nitrogen and oxygen atoms in total. The third-order valence-corrected chi connectivity index (χ3v) is 10.4. The summed E-state index contributed by atoms with van der Waals surface area (Å²) in [7, 11) is 0. The molecule has 1 aliphatic heterocycles. The SMILES string of the molecule is CCC1C(c2cc3c4c(cccc4c2)-c2ccccc2-3)=NC(c2ccccc2)=NC1c1ccc(-c2cccc3oc4ccccc4c23)cc1. The van der Waals surface area contributed by atoms with Gasteiger partial charge in [-0.2, -0.15) is 0 Å². The van der Waals surface area contributed by atoms with Crippen LogP contribution < -0.4 is 0 Å². The molecule has 0 saturated carbocycles. The highest BCUT2D eigenvalue weighted by atomic mass is 16.3. The highest BCUT2D eigenvalue weighted by Gasteiger charge is 2.33. The van der Waals surface area contributed by atoms with Gasteiger partial charge >= 0.3 is 0 Å². The maximum Gasteiger partial charge on any atom is 0.155 e. The molecule has 2 heterocycles. The summed E-state index contributed by atoms with van der Waals surface area (Å²) in [5, 5.41) is 4.88. The lowest BCUT2D eigenvalue weighted by Crippen LogP contribution is -2.28. The van der Waals surface area contributed by atoms with Gasteiger partial charge in [0.15, 0.2) is 5.84 Å². The second-order valence-electron chi connectivity index (χ2n) is 13.1. The number of fused-ring (bicyclic) bond motifs is 6. The summed E-state index contributed by atoms with van der Waals surface area (Å²) in [6.45, 7) is 2.27. The lowest BCUT2D eigenvalue weighted by Gasteiger charge is -2.30. The first kappa shape index (κ1) is 28.0. The number of para-hydroxylation sites is 1. The molecule has 0 fully saturated rings. The molecule has 232 valence electrons. The van der Waals surface area contributed by atoms with Gasteiger partial charge in [-0.15, -0.1) is 0 Å². The summed E-state index contributed by atoms with van der Waals surface area (Å²) in [6, 6.07) is 54.2. The fourth-order valence-corrected chi connectivity index (χ4v) is 8.17. The summed E-state index contributed by atoms with van der Waals surface area (Å²) in [5.74, 6) is 0.902. The van der Waals surface area contributed by atoms with Crippen LogP contribution in [0.15, 0.2) is 166 Å². The lowest BCUT2D eigenvalue weighted by atomic mass is 9.82. The van der Waals surface area contributed by atoms with E-state index in [9.17, 15) is 0 Å². The van der Waals surface area contributed by atoms with E-state index in [4.69, 9.17) is 14.4 Å². The molecule has 0 amide bonds. The molecule has 0 spiro atoms. The van der Waals surface area contributed by atoms with Crippen molar-refractivity contribution in [3.8, 4) is 33.4 Å². The summed E-state index contributed by atoms with van der Waals surface area (Å²) >= 11 is 0. The summed E-state index contributed by atoms with van der Waals surface area (Å²) in [5.41, 5.74) is 13.9. The Bertz CT molecular complexity index is 2640. The highest BCUT2D eigenvalue weighted by molar-refractivity contribution is 6.21. The second kappa shape index (κ2) is 11.0. The van der Waals surface area contributed by atoms with Crippen LogP contribution in [0.3, 0.4) is 0 Å². The Morgan fingerprint density at radius 3 is 2.06 bits per heavy atom. The minimum Gasteiger partial charge on any atom is -0.456 e. The van der Waals surface area contributed by atoms with Crippen molar-refractivity contribution < 1.29 is 4.42 Å². The number of nitrogens with zero attached hydrogens (tertiary/aromatic N) is 2. The molecule has 0 radical (unpaired) electrons. The van der Waals surface area contributed by atoms with Crippen LogP contribution in [0, 0.1) is 5.92 Å². The van der Waals surface area contributed by atoms with Crippen LogP contribution in [0.4, 0.5) is 0 Å². The van der Waals surface area contributed by atoms with E-state index in [-0.39, 0.29) is 12.0 Å². The molecule has 10 rings (SSSR count). The summed E-state index contributed by atoms with van der Waals surface area (Å²) in [4.78, 5) is 10.8. The Hall–Kier alpha value is -6.06. The Morgan fingerprint density at radius 2 is 1.22 bits per heavy atom. The molecule has 3 heteroatoms. The van der Waals surface area contributed by atoms with Gasteiger partial charge < -0.3 is 4.42 Å². The number of aliphatic imine (C=N–C) groups is 2. The van der Waals surface area contributed by atoms with Crippen LogP contribution in [0.1, 0.15) is 36.1 Å². The van der Waals surface area contributed by atoms with Crippen molar-refractivity contribution in [2.24, 2.45) is 15.9 Å². The first-order valence-electron chi connectivity index (χ1n) is 17.1. The summed E-state index contributed by atoms with van der Waals surface area (Å²) in [6.07, 6.45) is 0.918. The first-order valence-corrected chi connectivity index (χ1v) is 17.1. The van der Waals surface area contributed by atoms with Crippen molar-refractivity contribution in [1.82, 2.24) is 0 Å². The Morgan fingerprint density at radius 1 is 0.531 bits per heavy atom. The molecule has 0 saturated heterocycles. The van der Waals surface area contributed by atoms with E-state index in [2.05, 4.69) is 140 Å². The molecule has 0 N–H and O–H groups in total. The predicted molar refractivity (Wildman–Crippen MR) is 204 cm³/mol. The van der Waals surface area contributed by atoms with Gasteiger partial charge in [0.05, 0.1) is 11.8 Å². The van der Waals surface area contributed by atoms with E-state index in [1.54, 1.807) is 0 Å². The van der Waals surface area contributed by atoms with Gasteiger partial charge in [-0.25, -0.2) is 4.99 Å². The van der Waals surface area contributed by atoms with Gasteiger partial charge in [0, 0.05) is 22.3 Å². The summed E-state index contributed by atoms with van der Waals surface area (Å²) < 4.78 is 6.20. The molecule has 0 bridgehead atoms. The highest BCUT2D eigenvalue weighted by Crippen LogP contribution is 2.48. The van der Waals surface area contributed by atoms with Gasteiger partial charge in [0.25, 0.3) is 0 Å². The third kappa shape index (κ3) is 4.36. The maximum atomic E-state index is 6.20. The number of furan rings is 1. The van der Waals surface area contributed by atoms with Crippen molar-refractivity contribution in [3.05, 3.63) is 168 Å². The van der Waals surface area contributed by atoms with E-state index < -0.39 is 0 Å². The van der Waals surface area contributed by atoms with Gasteiger partial charge in [0.1, 0.15) is 11.2 Å². The van der Waals surface area contributed by atoms with Crippen LogP contribution >= 0.6 is 0 Å². The smallest absolute Gasteiger partial charge is 0.155 e. The van der Waals surface area contributed by atoms with Crippen molar-refractivity contribution >= 4 is 44.3 Å². The minimum absolute atomic E-state index is 0.0739. The topological polar surface area (TPSA) is 37.9 Å². The molecule has 1 aromatic heterocycles. The van der Waals surface area contributed by atoms with Gasteiger partial charge in [-0.05, 0) is 86.0 Å². The third-order valence-electron chi connectivity index (χ3n) is 10.4. The zero-order valence-corrected chi connectivity index (χ0v) is 27.1. The van der Waals surface area contributed by atoms with Crippen LogP contribution in [0.5, 0.6) is 0 Å². The van der Waals surface area contributed by atoms with Crippen molar-refractivity contribution in [2.45, 2.75) is 19.4 Å². The molecular weight excluding hydrogens is 597 g/mol. The van der Waals surface area contributed by atoms with Crippen LogP contribution in [0.25, 0.3) is 66.1 Å². The molecule has 2 atom stereocenters. The number of hydrogen-bond acceptors (Lipinski definition) is 3. The Balaban J connectivity index is 1.11. The second-order valence-corrected chi connectivity index (χ2v) is 13.1. The predicted octanol–water partition coefficient (Wildman–Crippen LogP) is 12.1. The van der Waals surface area contributed by atoms with Crippen molar-refractivity contribution in [2.75, 3.05) is 0 Å². The molecule has 7 aromatic carbocycles. The standard InChI is InChI=1S/C46H32N2O/c1-2-33-44(29-24-22-28(23-25-29)34-18-11-21-41-43(34)38-17-8-9-20-40(38)49-41)47-46(30-12-4-3-5-13-30)48-45(33)32-26-31-14-10-19-37-35-15-6-7-16-36(35)39(27-32)42(31)37/h3-27,33,44H,2H2,1H3. The molecule has 2 aliphatic rings. The van der Waals surface area contributed by atoms with Gasteiger partial charge in [0.2, 0.25) is 0 Å². The zero-order chi connectivity index (χ0) is 32.5. The van der Waals surface area contributed by atoms with Crippen molar-refractivity contribution in [1.29, 1.82) is 0 Å². The van der Waals surface area contributed by atoms with E-state index in [1.165, 1.54) is 49.7 Å². The minimum atomic E-state index is -0.0739. The van der Waals surface area contributed by atoms with E-state index >= 15 is 0 Å². The molecular formula is C46H32N2O. The van der Waals surface area contributed by atoms with Gasteiger partial charge in [-0.1, -0.05) is 134 Å². The maximum absolute atomic E-state index is 6.20. The number of amidine groups is 1. The van der Waals surface area contributed by atoms with E-state index in [1.807, 2.05) is 18.2 Å². The van der Waals surface area contributed by atoms with E-state index in [0.717, 1.165) is 51.0 Å². The number of benzene rings is 7. The quantitative estimate of drug-likeness (QED) is 0.187. The average Bonchev–Trinajstić information content (AvgIpc) is 3.71. The van der Waals surface area contributed by atoms with Crippen LogP contribution in [-0.4, -0.2) is 11.5 Å². The van der Waals surface area contributed by atoms with Gasteiger partial charge in [-0.3, -0.25) is 4.99 Å². The fraction of sp³-hybridized carbons (Fsp3) is 0.0870. The molecule has 8 aromatic rings.